The van der Waals surface area contributed by atoms with Crippen molar-refractivity contribution in [2.24, 2.45) is 0 Å². The fraction of sp³-hybridized carbons (Fsp3) is 0.300. The van der Waals surface area contributed by atoms with Crippen molar-refractivity contribution >= 4 is 32.7 Å². The minimum Gasteiger partial charge on any atom is -0.504 e. The molecule has 0 radical (unpaired) electrons. The first-order chi connectivity index (χ1) is 15.2. The molecule has 1 fully saturated rings. The summed E-state index contributed by atoms with van der Waals surface area (Å²) in [5, 5.41) is 50.1. The quantitative estimate of drug-likeness (QED) is 0.204. The molecule has 0 saturated carbocycles. The van der Waals surface area contributed by atoms with Crippen LogP contribution in [0.25, 0.3) is 32.7 Å². The van der Waals surface area contributed by atoms with E-state index in [2.05, 4.69) is 0 Å². The Morgan fingerprint density at radius 2 is 1.41 bits per heavy atom. The second-order valence-corrected chi connectivity index (χ2v) is 7.30. The highest BCUT2D eigenvalue weighted by molar-refractivity contribution is 6.22. The summed E-state index contributed by atoms with van der Waals surface area (Å²) in [6, 6.07) is 2.10. The number of rotatable bonds is 3. The minimum absolute atomic E-state index is 0.0304. The Kier molecular flexibility index (Phi) is 4.43. The van der Waals surface area contributed by atoms with Gasteiger partial charge in [0.2, 0.25) is 17.8 Å². The average molecular weight is 448 g/mol. The third-order valence-electron chi connectivity index (χ3n) is 5.40. The summed E-state index contributed by atoms with van der Waals surface area (Å²) in [5.74, 6) is -1.75. The molecule has 4 atom stereocenters. The molecule has 12 nitrogen and oxygen atoms in total. The van der Waals surface area contributed by atoms with Gasteiger partial charge in [-0.05, 0) is 12.1 Å². The molecule has 0 aliphatic carbocycles. The summed E-state index contributed by atoms with van der Waals surface area (Å²) in [4.78, 5) is 25.3. The van der Waals surface area contributed by atoms with Crippen LogP contribution in [0, 0.1) is 0 Å². The Labute approximate surface area is 176 Å². The number of methoxy groups -OCH3 is 1. The van der Waals surface area contributed by atoms with Crippen LogP contribution < -0.4 is 20.7 Å². The predicted octanol–water partition coefficient (Wildman–Crippen LogP) is -0.272. The molecule has 168 valence electrons. The van der Waals surface area contributed by atoms with Crippen molar-refractivity contribution in [1.82, 2.24) is 0 Å². The van der Waals surface area contributed by atoms with Crippen LogP contribution in [0.2, 0.25) is 0 Å². The van der Waals surface area contributed by atoms with Gasteiger partial charge in [-0.1, -0.05) is 0 Å². The largest absolute Gasteiger partial charge is 0.504 e. The van der Waals surface area contributed by atoms with Crippen LogP contribution in [0.4, 0.5) is 0 Å². The fourth-order valence-electron chi connectivity index (χ4n) is 3.87. The van der Waals surface area contributed by atoms with E-state index in [1.807, 2.05) is 0 Å². The Balaban J connectivity index is 1.83. The first-order valence-corrected chi connectivity index (χ1v) is 9.34. The van der Waals surface area contributed by atoms with Crippen LogP contribution in [0.15, 0.2) is 30.6 Å². The molecule has 5 N–H and O–H groups in total. The van der Waals surface area contributed by atoms with Crippen LogP contribution in [-0.4, -0.2) is 63.9 Å². The van der Waals surface area contributed by atoms with Gasteiger partial charge in [0, 0.05) is 10.8 Å². The monoisotopic (exact) mass is 448 g/mol. The molecule has 3 heterocycles. The van der Waals surface area contributed by atoms with Gasteiger partial charge in [-0.3, -0.25) is 0 Å². The van der Waals surface area contributed by atoms with Gasteiger partial charge in [0.15, 0.2) is 22.7 Å². The third kappa shape index (κ3) is 2.71. The number of benzene rings is 2. The van der Waals surface area contributed by atoms with Crippen LogP contribution in [-0.2, 0) is 4.74 Å². The summed E-state index contributed by atoms with van der Waals surface area (Å²) in [5.41, 5.74) is -2.45. The number of ether oxygens (including phenoxy) is 3. The normalized spacial score (nSPS) is 23.9. The summed E-state index contributed by atoms with van der Waals surface area (Å²) in [7, 11) is 1.23. The van der Waals surface area contributed by atoms with Crippen LogP contribution in [0.5, 0.6) is 23.0 Å². The lowest BCUT2D eigenvalue weighted by molar-refractivity contribution is -0.242. The molecular formula is C20H16O12. The molecule has 0 bridgehead atoms. The van der Waals surface area contributed by atoms with E-state index in [1.54, 1.807) is 0 Å². The summed E-state index contributed by atoms with van der Waals surface area (Å²) < 4.78 is 26.4. The Morgan fingerprint density at radius 3 is 1.97 bits per heavy atom. The highest BCUT2D eigenvalue weighted by Gasteiger charge is 2.40. The number of hydrogen-bond acceptors (Lipinski definition) is 12. The molecule has 0 amide bonds. The summed E-state index contributed by atoms with van der Waals surface area (Å²) in [6.07, 6.45) is -6.20. The van der Waals surface area contributed by atoms with Crippen molar-refractivity contribution in [3.8, 4) is 23.0 Å². The SMILES string of the molecule is COc1c(O)cc2c(=O)oc3c(O[C@@H]4OC[C@@H](O)[C@H](O)[C@H]4O)c(O)cc4c(=O)oc1c2c34. The zero-order chi connectivity index (χ0) is 22.9. The second-order valence-electron chi connectivity index (χ2n) is 7.30. The van der Waals surface area contributed by atoms with E-state index < -0.39 is 53.1 Å². The molecule has 1 saturated heterocycles. The topological polar surface area (TPSA) is 189 Å². The van der Waals surface area contributed by atoms with Gasteiger partial charge < -0.3 is 48.6 Å². The van der Waals surface area contributed by atoms with Crippen molar-refractivity contribution < 1.29 is 48.6 Å². The van der Waals surface area contributed by atoms with E-state index in [0.717, 1.165) is 12.1 Å². The zero-order valence-corrected chi connectivity index (χ0v) is 16.3. The fourth-order valence-corrected chi connectivity index (χ4v) is 3.87. The van der Waals surface area contributed by atoms with Crippen LogP contribution in [0.3, 0.4) is 0 Å². The highest BCUT2D eigenvalue weighted by atomic mass is 16.7. The lowest BCUT2D eigenvalue weighted by atomic mass is 10.0. The number of aliphatic hydroxyl groups excluding tert-OH is 3. The molecule has 2 aromatic heterocycles. The summed E-state index contributed by atoms with van der Waals surface area (Å²) >= 11 is 0. The van der Waals surface area contributed by atoms with Gasteiger partial charge in [-0.2, -0.15) is 0 Å². The molecule has 32 heavy (non-hydrogen) atoms. The van der Waals surface area contributed by atoms with E-state index in [4.69, 9.17) is 23.0 Å². The molecule has 1 aliphatic heterocycles. The van der Waals surface area contributed by atoms with E-state index in [1.165, 1.54) is 7.11 Å². The van der Waals surface area contributed by atoms with Crippen molar-refractivity contribution in [2.45, 2.75) is 24.6 Å². The molecule has 4 aromatic rings. The zero-order valence-electron chi connectivity index (χ0n) is 16.3. The molecule has 5 rings (SSSR count). The van der Waals surface area contributed by atoms with E-state index >= 15 is 0 Å². The molecular weight excluding hydrogens is 432 g/mol. The Hall–Kier alpha value is -3.58. The van der Waals surface area contributed by atoms with Gasteiger partial charge in [0.25, 0.3) is 0 Å². The number of aliphatic hydroxyl groups is 3. The van der Waals surface area contributed by atoms with E-state index in [-0.39, 0.29) is 45.1 Å². The standard InChI is InChI=1S/C20H16O12/c1-28-14-7(21)2-5-10-11-6(18(26)30-16(10)14)3-8(22)15(17(11)31-19(5)27)32-20-13(25)12(24)9(23)4-29-20/h2-3,9,12-13,20-25H,4H2,1H3/t9-,12+,13-,20+/m1/s1. The lowest BCUT2D eigenvalue weighted by Crippen LogP contribution is -2.54. The lowest BCUT2D eigenvalue weighted by Gasteiger charge is -2.35. The number of hydrogen-bond donors (Lipinski definition) is 5. The molecule has 2 aromatic carbocycles. The average Bonchev–Trinajstić information content (AvgIpc) is 2.75. The van der Waals surface area contributed by atoms with E-state index in [0.29, 0.717) is 0 Å². The maximum Gasteiger partial charge on any atom is 0.344 e. The smallest absolute Gasteiger partial charge is 0.344 e. The number of phenolic OH excluding ortho intramolecular Hbond substituents is 2. The van der Waals surface area contributed by atoms with Gasteiger partial charge in [0.1, 0.15) is 18.3 Å². The van der Waals surface area contributed by atoms with Gasteiger partial charge in [0.05, 0.1) is 24.5 Å². The van der Waals surface area contributed by atoms with Gasteiger partial charge in [-0.15, -0.1) is 0 Å². The first kappa shape index (κ1) is 20.3. The van der Waals surface area contributed by atoms with Crippen molar-refractivity contribution in [1.29, 1.82) is 0 Å². The minimum atomic E-state index is -1.70. The van der Waals surface area contributed by atoms with Crippen molar-refractivity contribution in [3.63, 3.8) is 0 Å². The van der Waals surface area contributed by atoms with E-state index in [9.17, 15) is 35.1 Å². The van der Waals surface area contributed by atoms with Crippen molar-refractivity contribution in [3.05, 3.63) is 33.0 Å². The predicted molar refractivity (Wildman–Crippen MR) is 105 cm³/mol. The van der Waals surface area contributed by atoms with Crippen LogP contribution >= 0.6 is 0 Å². The molecule has 0 spiro atoms. The summed E-state index contributed by atoms with van der Waals surface area (Å²) in [6.45, 7) is -0.375. The Bertz CT molecular complexity index is 1470. The molecule has 1 aliphatic rings. The molecule has 12 heteroatoms. The number of phenols is 2. The van der Waals surface area contributed by atoms with Gasteiger partial charge in [-0.25, -0.2) is 9.59 Å². The maximum absolute atomic E-state index is 12.7. The maximum atomic E-state index is 12.7. The van der Waals surface area contributed by atoms with Gasteiger partial charge >= 0.3 is 11.3 Å². The number of aromatic hydroxyl groups is 2. The second kappa shape index (κ2) is 6.97. The Morgan fingerprint density at radius 1 is 0.875 bits per heavy atom. The third-order valence-corrected chi connectivity index (χ3v) is 5.40. The van der Waals surface area contributed by atoms with Crippen LogP contribution in [0.1, 0.15) is 0 Å². The first-order valence-electron chi connectivity index (χ1n) is 9.34. The van der Waals surface area contributed by atoms with Crippen molar-refractivity contribution in [2.75, 3.05) is 13.7 Å². The molecule has 0 unspecified atom stereocenters. The highest BCUT2D eigenvalue weighted by Crippen LogP contribution is 2.45.